The first-order chi connectivity index (χ1) is 9.74. The van der Waals surface area contributed by atoms with Crippen molar-refractivity contribution in [1.29, 1.82) is 0 Å². The molecule has 0 fully saturated rings. The third kappa shape index (κ3) is 2.78. The number of fused-ring (bicyclic) bond motifs is 1. The molecule has 0 aliphatic carbocycles. The minimum absolute atomic E-state index is 0.210. The molecule has 3 heteroatoms. The predicted octanol–water partition coefficient (Wildman–Crippen LogP) is 4.08. The molecule has 2 nitrogen and oxygen atoms in total. The zero-order valence-corrected chi connectivity index (χ0v) is 12.8. The van der Waals surface area contributed by atoms with E-state index in [0.29, 0.717) is 6.42 Å². The summed E-state index contributed by atoms with van der Waals surface area (Å²) in [4.78, 5) is 14.5. The standard InChI is InChI=1S/C17H16BrNO/c18-15-7-5-14(6-8-15)17(20)10-12-19-11-9-13-3-1-2-4-16(13)19/h1-8H,9-12H2. The summed E-state index contributed by atoms with van der Waals surface area (Å²) in [6.07, 6.45) is 1.65. The zero-order chi connectivity index (χ0) is 13.9. The van der Waals surface area contributed by atoms with Crippen molar-refractivity contribution < 1.29 is 4.79 Å². The molecule has 1 aliphatic heterocycles. The lowest BCUT2D eigenvalue weighted by Crippen LogP contribution is -2.23. The summed E-state index contributed by atoms with van der Waals surface area (Å²) in [6, 6.07) is 16.0. The number of para-hydroxylation sites is 1. The molecule has 0 spiro atoms. The molecule has 2 aromatic rings. The number of nitrogens with zero attached hydrogens (tertiary/aromatic N) is 1. The molecular weight excluding hydrogens is 314 g/mol. The highest BCUT2D eigenvalue weighted by Gasteiger charge is 2.18. The van der Waals surface area contributed by atoms with Gasteiger partial charge in [0.05, 0.1) is 0 Å². The fourth-order valence-electron chi connectivity index (χ4n) is 2.66. The van der Waals surface area contributed by atoms with Gasteiger partial charge in [-0.25, -0.2) is 0 Å². The van der Waals surface area contributed by atoms with Gasteiger partial charge in [0.2, 0.25) is 0 Å². The van der Waals surface area contributed by atoms with Crippen LogP contribution in [-0.4, -0.2) is 18.9 Å². The van der Waals surface area contributed by atoms with Gasteiger partial charge in [-0.3, -0.25) is 4.79 Å². The number of Topliss-reactive ketones (excluding diaryl/α,β-unsaturated/α-hetero) is 1. The van der Waals surface area contributed by atoms with Crippen molar-refractivity contribution in [3.8, 4) is 0 Å². The second kappa shape index (κ2) is 5.80. The lowest BCUT2D eigenvalue weighted by atomic mass is 10.1. The topological polar surface area (TPSA) is 20.3 Å². The van der Waals surface area contributed by atoms with E-state index in [4.69, 9.17) is 0 Å². The van der Waals surface area contributed by atoms with Gasteiger partial charge in [-0.05, 0) is 30.2 Å². The molecule has 0 atom stereocenters. The highest BCUT2D eigenvalue weighted by atomic mass is 79.9. The number of halogens is 1. The Balaban J connectivity index is 1.63. The molecule has 0 saturated carbocycles. The lowest BCUT2D eigenvalue weighted by molar-refractivity contribution is 0.0984. The Kier molecular flexibility index (Phi) is 3.88. The first kappa shape index (κ1) is 13.4. The van der Waals surface area contributed by atoms with Gasteiger partial charge in [0.25, 0.3) is 0 Å². The van der Waals surface area contributed by atoms with E-state index in [1.807, 2.05) is 24.3 Å². The van der Waals surface area contributed by atoms with Gasteiger partial charge < -0.3 is 4.90 Å². The molecule has 1 heterocycles. The van der Waals surface area contributed by atoms with E-state index in [1.54, 1.807) is 0 Å². The number of hydrogen-bond acceptors (Lipinski definition) is 2. The summed E-state index contributed by atoms with van der Waals surface area (Å²) < 4.78 is 1.00. The van der Waals surface area contributed by atoms with Crippen molar-refractivity contribution in [2.45, 2.75) is 12.8 Å². The highest BCUT2D eigenvalue weighted by Crippen LogP contribution is 2.27. The first-order valence-electron chi connectivity index (χ1n) is 6.85. The third-order valence-electron chi connectivity index (χ3n) is 3.76. The predicted molar refractivity (Wildman–Crippen MR) is 85.4 cm³/mol. The van der Waals surface area contributed by atoms with Crippen LogP contribution in [0, 0.1) is 0 Å². The monoisotopic (exact) mass is 329 g/mol. The second-order valence-corrected chi connectivity index (χ2v) is 5.96. The average molecular weight is 330 g/mol. The van der Waals surface area contributed by atoms with Crippen LogP contribution in [0.4, 0.5) is 5.69 Å². The smallest absolute Gasteiger partial charge is 0.164 e. The molecule has 0 saturated heterocycles. The Morgan fingerprint density at radius 3 is 2.65 bits per heavy atom. The molecule has 3 rings (SSSR count). The van der Waals surface area contributed by atoms with E-state index < -0.39 is 0 Å². The van der Waals surface area contributed by atoms with Crippen LogP contribution in [0.5, 0.6) is 0 Å². The Morgan fingerprint density at radius 2 is 1.85 bits per heavy atom. The summed E-state index contributed by atoms with van der Waals surface area (Å²) in [6.45, 7) is 1.82. The van der Waals surface area contributed by atoms with Gasteiger partial charge >= 0.3 is 0 Å². The number of ketones is 1. The minimum Gasteiger partial charge on any atom is -0.371 e. The minimum atomic E-state index is 0.210. The fourth-order valence-corrected chi connectivity index (χ4v) is 2.92. The van der Waals surface area contributed by atoms with Gasteiger partial charge in [0.15, 0.2) is 5.78 Å². The van der Waals surface area contributed by atoms with Crippen molar-refractivity contribution >= 4 is 27.4 Å². The maximum atomic E-state index is 12.2. The lowest BCUT2D eigenvalue weighted by Gasteiger charge is -2.18. The third-order valence-corrected chi connectivity index (χ3v) is 4.29. The van der Waals surface area contributed by atoms with Crippen LogP contribution in [0.1, 0.15) is 22.3 Å². The van der Waals surface area contributed by atoms with E-state index in [0.717, 1.165) is 29.5 Å². The van der Waals surface area contributed by atoms with Crippen LogP contribution in [0.3, 0.4) is 0 Å². The molecule has 0 aromatic heterocycles. The van der Waals surface area contributed by atoms with Crippen molar-refractivity contribution in [1.82, 2.24) is 0 Å². The van der Waals surface area contributed by atoms with Gasteiger partial charge in [-0.15, -0.1) is 0 Å². The van der Waals surface area contributed by atoms with Crippen LogP contribution >= 0.6 is 15.9 Å². The summed E-state index contributed by atoms with van der Waals surface area (Å²) in [5.41, 5.74) is 3.47. The number of anilines is 1. The van der Waals surface area contributed by atoms with Crippen LogP contribution in [0.25, 0.3) is 0 Å². The van der Waals surface area contributed by atoms with E-state index >= 15 is 0 Å². The molecule has 0 radical (unpaired) electrons. The van der Waals surface area contributed by atoms with E-state index in [-0.39, 0.29) is 5.78 Å². The van der Waals surface area contributed by atoms with Gasteiger partial charge in [0, 0.05) is 35.2 Å². The Bertz CT molecular complexity index is 621. The van der Waals surface area contributed by atoms with Crippen LogP contribution in [-0.2, 0) is 6.42 Å². The second-order valence-electron chi connectivity index (χ2n) is 5.05. The normalized spacial score (nSPS) is 13.3. The number of carbonyl (C=O) groups is 1. The molecule has 2 aromatic carbocycles. The molecular formula is C17H16BrNO. The maximum Gasteiger partial charge on any atom is 0.164 e. The molecule has 20 heavy (non-hydrogen) atoms. The Hall–Kier alpha value is -1.61. The van der Waals surface area contributed by atoms with Crippen molar-refractivity contribution in [3.05, 3.63) is 64.1 Å². The molecule has 0 bridgehead atoms. The van der Waals surface area contributed by atoms with Crippen molar-refractivity contribution in [2.24, 2.45) is 0 Å². The number of hydrogen-bond donors (Lipinski definition) is 0. The quantitative estimate of drug-likeness (QED) is 0.787. The number of benzene rings is 2. The molecule has 0 unspecified atom stereocenters. The molecule has 1 aliphatic rings. The summed E-state index contributed by atoms with van der Waals surface area (Å²) in [5, 5.41) is 0. The Morgan fingerprint density at radius 1 is 1.10 bits per heavy atom. The summed E-state index contributed by atoms with van der Waals surface area (Å²) in [7, 11) is 0. The summed E-state index contributed by atoms with van der Waals surface area (Å²) in [5.74, 6) is 0.210. The average Bonchev–Trinajstić information content (AvgIpc) is 2.89. The number of rotatable bonds is 4. The Labute approximate surface area is 127 Å². The van der Waals surface area contributed by atoms with Gasteiger partial charge in [0.1, 0.15) is 0 Å². The van der Waals surface area contributed by atoms with E-state index in [9.17, 15) is 4.79 Å². The van der Waals surface area contributed by atoms with Crippen molar-refractivity contribution in [2.75, 3.05) is 18.0 Å². The highest BCUT2D eigenvalue weighted by molar-refractivity contribution is 9.10. The van der Waals surface area contributed by atoms with Crippen LogP contribution < -0.4 is 4.90 Å². The van der Waals surface area contributed by atoms with Crippen LogP contribution in [0.2, 0.25) is 0 Å². The molecule has 0 amide bonds. The molecule has 102 valence electrons. The maximum absolute atomic E-state index is 12.2. The first-order valence-corrected chi connectivity index (χ1v) is 7.65. The fraction of sp³-hybridized carbons (Fsp3) is 0.235. The SMILES string of the molecule is O=C(CCN1CCc2ccccc21)c1ccc(Br)cc1. The van der Waals surface area contributed by atoms with Crippen molar-refractivity contribution in [3.63, 3.8) is 0 Å². The van der Waals surface area contributed by atoms with Gasteiger partial charge in [-0.1, -0.05) is 46.3 Å². The van der Waals surface area contributed by atoms with Gasteiger partial charge in [-0.2, -0.15) is 0 Å². The largest absolute Gasteiger partial charge is 0.371 e. The zero-order valence-electron chi connectivity index (χ0n) is 11.2. The van der Waals surface area contributed by atoms with E-state index in [2.05, 4.69) is 45.1 Å². The number of carbonyl (C=O) groups excluding carboxylic acids is 1. The summed E-state index contributed by atoms with van der Waals surface area (Å²) >= 11 is 3.39. The van der Waals surface area contributed by atoms with E-state index in [1.165, 1.54) is 11.3 Å². The molecule has 0 N–H and O–H groups in total. The van der Waals surface area contributed by atoms with Crippen LogP contribution in [0.15, 0.2) is 53.0 Å².